The predicted molar refractivity (Wildman–Crippen MR) is 114 cm³/mol. The molecule has 0 radical (unpaired) electrons. The number of halogens is 3. The molecule has 0 fully saturated rings. The van der Waals surface area contributed by atoms with Crippen molar-refractivity contribution in [3.8, 4) is 0 Å². The SMILES string of the molecule is CC(C)CNC(=O)[C@H](C)N(Cc1ccccc1F)C(=O)Cc1c(Cl)cccc1Cl. The van der Waals surface area contributed by atoms with Gasteiger partial charge in [0.2, 0.25) is 11.8 Å². The van der Waals surface area contributed by atoms with Crippen LogP contribution >= 0.6 is 23.2 Å². The Balaban J connectivity index is 2.29. The maximum atomic E-state index is 14.2. The second kappa shape index (κ2) is 10.6. The number of carbonyl (C=O) groups is 2. The van der Waals surface area contributed by atoms with E-state index in [-0.39, 0.29) is 30.7 Å². The van der Waals surface area contributed by atoms with Crippen LogP contribution in [0.1, 0.15) is 31.9 Å². The number of amides is 2. The Kier molecular flexibility index (Phi) is 8.47. The van der Waals surface area contributed by atoms with Crippen molar-refractivity contribution < 1.29 is 14.0 Å². The lowest BCUT2D eigenvalue weighted by Crippen LogP contribution is -2.48. The van der Waals surface area contributed by atoms with Crippen LogP contribution in [0.2, 0.25) is 10.0 Å². The smallest absolute Gasteiger partial charge is 0.242 e. The Bertz CT molecular complexity index is 853. The molecule has 2 aromatic rings. The van der Waals surface area contributed by atoms with Crippen LogP contribution < -0.4 is 5.32 Å². The van der Waals surface area contributed by atoms with Gasteiger partial charge in [0.05, 0.1) is 6.42 Å². The van der Waals surface area contributed by atoms with Gasteiger partial charge in [0.1, 0.15) is 11.9 Å². The van der Waals surface area contributed by atoms with Crippen LogP contribution in [0.4, 0.5) is 4.39 Å². The molecule has 0 aliphatic heterocycles. The summed E-state index contributed by atoms with van der Waals surface area (Å²) < 4.78 is 14.2. The molecule has 0 saturated heterocycles. The maximum Gasteiger partial charge on any atom is 0.242 e. The Morgan fingerprint density at radius 2 is 1.66 bits per heavy atom. The van der Waals surface area contributed by atoms with Gasteiger partial charge in [-0.05, 0) is 36.6 Å². The predicted octanol–water partition coefficient (Wildman–Crippen LogP) is 4.86. The van der Waals surface area contributed by atoms with E-state index < -0.39 is 11.9 Å². The first-order valence-electron chi connectivity index (χ1n) is 9.44. The van der Waals surface area contributed by atoms with Crippen molar-refractivity contribution in [1.82, 2.24) is 10.2 Å². The molecule has 4 nitrogen and oxygen atoms in total. The molecule has 0 unspecified atom stereocenters. The van der Waals surface area contributed by atoms with E-state index in [2.05, 4.69) is 5.32 Å². The van der Waals surface area contributed by atoms with Crippen molar-refractivity contribution in [2.24, 2.45) is 5.92 Å². The number of hydrogen-bond acceptors (Lipinski definition) is 2. The van der Waals surface area contributed by atoms with Crippen LogP contribution in [0.5, 0.6) is 0 Å². The van der Waals surface area contributed by atoms with Crippen molar-refractivity contribution in [2.45, 2.75) is 39.8 Å². The summed E-state index contributed by atoms with van der Waals surface area (Å²) in [6, 6.07) is 10.4. The third kappa shape index (κ3) is 6.44. The number of nitrogens with zero attached hydrogens (tertiary/aromatic N) is 1. The van der Waals surface area contributed by atoms with E-state index in [0.29, 0.717) is 27.7 Å². The second-order valence-electron chi connectivity index (χ2n) is 7.31. The van der Waals surface area contributed by atoms with Gasteiger partial charge < -0.3 is 10.2 Å². The summed E-state index contributed by atoms with van der Waals surface area (Å²) in [7, 11) is 0. The van der Waals surface area contributed by atoms with E-state index >= 15 is 0 Å². The fourth-order valence-corrected chi connectivity index (χ4v) is 3.33. The Morgan fingerprint density at radius 1 is 1.03 bits per heavy atom. The van der Waals surface area contributed by atoms with Crippen molar-refractivity contribution >= 4 is 35.0 Å². The molecule has 0 bridgehead atoms. The van der Waals surface area contributed by atoms with E-state index in [1.165, 1.54) is 11.0 Å². The Hall–Kier alpha value is -2.11. The number of nitrogens with one attached hydrogen (secondary N) is 1. The summed E-state index contributed by atoms with van der Waals surface area (Å²) in [6.07, 6.45) is -0.0885. The van der Waals surface area contributed by atoms with Gasteiger partial charge in [0.25, 0.3) is 0 Å². The average molecular weight is 439 g/mol. The normalized spacial score (nSPS) is 12.0. The molecule has 29 heavy (non-hydrogen) atoms. The molecule has 0 aliphatic rings. The highest BCUT2D eigenvalue weighted by Gasteiger charge is 2.27. The van der Waals surface area contributed by atoms with Gasteiger partial charge in [-0.15, -0.1) is 0 Å². The first-order chi connectivity index (χ1) is 13.7. The third-order valence-corrected chi connectivity index (χ3v) is 5.25. The average Bonchev–Trinajstić information content (AvgIpc) is 2.67. The number of rotatable bonds is 8. The Labute approximate surface area is 181 Å². The fourth-order valence-electron chi connectivity index (χ4n) is 2.80. The first kappa shape index (κ1) is 23.2. The number of carbonyl (C=O) groups excluding carboxylic acids is 2. The molecule has 1 N–H and O–H groups in total. The lowest BCUT2D eigenvalue weighted by molar-refractivity contribution is -0.140. The standard InChI is InChI=1S/C22H25Cl2FN2O2/c1-14(2)12-26-22(29)15(3)27(13-16-7-4-5-10-20(16)25)21(28)11-17-18(23)8-6-9-19(17)24/h4-10,14-15H,11-13H2,1-3H3,(H,26,29)/t15-/m0/s1. The van der Waals surface area contributed by atoms with Gasteiger partial charge in [-0.3, -0.25) is 9.59 Å². The first-order valence-corrected chi connectivity index (χ1v) is 10.2. The summed E-state index contributed by atoms with van der Waals surface area (Å²) >= 11 is 12.4. The van der Waals surface area contributed by atoms with Crippen LogP contribution in [0.25, 0.3) is 0 Å². The lowest BCUT2D eigenvalue weighted by Gasteiger charge is -2.29. The minimum absolute atomic E-state index is 0.0379. The molecular formula is C22H25Cl2FN2O2. The number of benzene rings is 2. The van der Waals surface area contributed by atoms with Gasteiger partial charge in [-0.1, -0.05) is 61.3 Å². The molecule has 156 valence electrons. The summed E-state index contributed by atoms with van der Waals surface area (Å²) in [4.78, 5) is 27.1. The quantitative estimate of drug-likeness (QED) is 0.639. The van der Waals surface area contributed by atoms with E-state index in [1.54, 1.807) is 43.3 Å². The van der Waals surface area contributed by atoms with E-state index in [1.807, 2.05) is 13.8 Å². The van der Waals surface area contributed by atoms with Gasteiger partial charge in [-0.25, -0.2) is 4.39 Å². The van der Waals surface area contributed by atoms with Gasteiger partial charge in [0.15, 0.2) is 0 Å². The van der Waals surface area contributed by atoms with Gasteiger partial charge in [-0.2, -0.15) is 0 Å². The van der Waals surface area contributed by atoms with E-state index in [4.69, 9.17) is 23.2 Å². The van der Waals surface area contributed by atoms with Gasteiger partial charge in [0, 0.05) is 28.7 Å². The van der Waals surface area contributed by atoms with Gasteiger partial charge >= 0.3 is 0 Å². The van der Waals surface area contributed by atoms with Crippen LogP contribution in [-0.2, 0) is 22.6 Å². The zero-order chi connectivity index (χ0) is 21.6. The number of hydrogen-bond donors (Lipinski definition) is 1. The molecule has 0 heterocycles. The molecule has 1 atom stereocenters. The maximum absolute atomic E-state index is 14.2. The zero-order valence-corrected chi connectivity index (χ0v) is 18.2. The largest absolute Gasteiger partial charge is 0.354 e. The second-order valence-corrected chi connectivity index (χ2v) is 8.12. The van der Waals surface area contributed by atoms with E-state index in [9.17, 15) is 14.0 Å². The highest BCUT2D eigenvalue weighted by molar-refractivity contribution is 6.36. The lowest BCUT2D eigenvalue weighted by atomic mass is 10.1. The fraction of sp³-hybridized carbons (Fsp3) is 0.364. The van der Waals surface area contributed by atoms with Crippen LogP contribution in [-0.4, -0.2) is 29.3 Å². The molecule has 0 spiro atoms. The topological polar surface area (TPSA) is 49.4 Å². The summed E-state index contributed by atoms with van der Waals surface area (Å²) in [5.74, 6) is -0.830. The highest BCUT2D eigenvalue weighted by Crippen LogP contribution is 2.26. The highest BCUT2D eigenvalue weighted by atomic mass is 35.5. The van der Waals surface area contributed by atoms with Crippen molar-refractivity contribution in [2.75, 3.05) is 6.54 Å². The molecule has 2 rings (SSSR count). The molecule has 2 aromatic carbocycles. The molecule has 2 amide bonds. The van der Waals surface area contributed by atoms with Crippen molar-refractivity contribution in [3.63, 3.8) is 0 Å². The zero-order valence-electron chi connectivity index (χ0n) is 16.7. The summed E-state index contributed by atoms with van der Waals surface area (Å²) in [5.41, 5.74) is 0.809. The third-order valence-electron chi connectivity index (χ3n) is 4.54. The minimum Gasteiger partial charge on any atom is -0.354 e. The monoisotopic (exact) mass is 438 g/mol. The molecular weight excluding hydrogens is 414 g/mol. The molecule has 0 aliphatic carbocycles. The Morgan fingerprint density at radius 3 is 2.24 bits per heavy atom. The molecule has 0 saturated carbocycles. The summed E-state index contributed by atoms with van der Waals surface area (Å²) in [5, 5.41) is 3.56. The van der Waals surface area contributed by atoms with Crippen LogP contribution in [0.15, 0.2) is 42.5 Å². The molecule has 0 aromatic heterocycles. The van der Waals surface area contributed by atoms with Crippen molar-refractivity contribution in [1.29, 1.82) is 0 Å². The molecule has 7 heteroatoms. The van der Waals surface area contributed by atoms with E-state index in [0.717, 1.165) is 0 Å². The van der Waals surface area contributed by atoms with Crippen molar-refractivity contribution in [3.05, 3.63) is 69.5 Å². The minimum atomic E-state index is -0.790. The van der Waals surface area contributed by atoms with Crippen LogP contribution in [0, 0.1) is 11.7 Å². The van der Waals surface area contributed by atoms with Crippen LogP contribution in [0.3, 0.4) is 0 Å². The summed E-state index contributed by atoms with van der Waals surface area (Å²) in [6.45, 7) is 6.03.